The van der Waals surface area contributed by atoms with Crippen molar-refractivity contribution in [3.05, 3.63) is 70.4 Å². The molecule has 2 heterocycles. The van der Waals surface area contributed by atoms with Crippen molar-refractivity contribution in [1.29, 1.82) is 0 Å². The van der Waals surface area contributed by atoms with E-state index in [1.54, 1.807) is 39.9 Å². The van der Waals surface area contributed by atoms with Gasteiger partial charge in [-0.15, -0.1) is 0 Å². The van der Waals surface area contributed by atoms with Crippen molar-refractivity contribution in [3.8, 4) is 0 Å². The van der Waals surface area contributed by atoms with E-state index in [2.05, 4.69) is 4.98 Å². The molecule has 0 aliphatic carbocycles. The zero-order valence-electron chi connectivity index (χ0n) is 16.8. The molecule has 0 bridgehead atoms. The van der Waals surface area contributed by atoms with E-state index in [4.69, 9.17) is 16.3 Å². The Morgan fingerprint density at radius 3 is 2.83 bits per heavy atom. The molecule has 3 rings (SSSR count). The van der Waals surface area contributed by atoms with Crippen LogP contribution in [0.15, 0.2) is 59.3 Å². The van der Waals surface area contributed by atoms with E-state index in [1.807, 2.05) is 42.2 Å². The van der Waals surface area contributed by atoms with Crippen LogP contribution in [0.2, 0.25) is 5.02 Å². The number of likely N-dealkylation sites (tertiary alicyclic amines) is 1. The standard InChI is InChI=1S/C22H23ClN2O3S2/c1-15-6-5-11-24-21(15)30-29-19-9-12-25(14-16(19)10-13-26)20(22(27)28-2)17-7-3-4-8-18(17)23/h3-8,10-11,13,19-20H,9,12,14H2,1-2H3/b16-10-. The summed E-state index contributed by atoms with van der Waals surface area (Å²) >= 11 is 6.38. The number of allylic oxidation sites excluding steroid dienone is 1. The fourth-order valence-corrected chi connectivity index (χ4v) is 6.44. The molecular weight excluding hydrogens is 440 g/mol. The minimum atomic E-state index is -0.615. The molecule has 1 saturated heterocycles. The molecule has 2 unspecified atom stereocenters. The number of benzene rings is 1. The fourth-order valence-electron chi connectivity index (χ4n) is 3.40. The van der Waals surface area contributed by atoms with E-state index in [1.165, 1.54) is 7.11 Å². The smallest absolute Gasteiger partial charge is 0.327 e. The summed E-state index contributed by atoms with van der Waals surface area (Å²) in [6.45, 7) is 3.20. The molecule has 1 fully saturated rings. The average molecular weight is 463 g/mol. The van der Waals surface area contributed by atoms with Gasteiger partial charge in [-0.05, 0) is 59.0 Å². The molecule has 0 amide bonds. The highest BCUT2D eigenvalue weighted by Gasteiger charge is 2.35. The highest BCUT2D eigenvalue weighted by molar-refractivity contribution is 8.77. The van der Waals surface area contributed by atoms with E-state index in [0.717, 1.165) is 28.9 Å². The van der Waals surface area contributed by atoms with Gasteiger partial charge in [-0.2, -0.15) is 0 Å². The lowest BCUT2D eigenvalue weighted by atomic mass is 9.98. The van der Waals surface area contributed by atoms with E-state index >= 15 is 0 Å². The normalized spacial score (nSPS) is 19.4. The maximum atomic E-state index is 12.6. The lowest BCUT2D eigenvalue weighted by Gasteiger charge is -2.37. The topological polar surface area (TPSA) is 59.5 Å². The third kappa shape index (κ3) is 5.46. The second-order valence-electron chi connectivity index (χ2n) is 6.88. The van der Waals surface area contributed by atoms with Gasteiger partial charge in [0.1, 0.15) is 17.4 Å². The van der Waals surface area contributed by atoms with Crippen molar-refractivity contribution >= 4 is 45.4 Å². The van der Waals surface area contributed by atoms with Crippen LogP contribution in [0.5, 0.6) is 0 Å². The number of aryl methyl sites for hydroxylation is 1. The average Bonchev–Trinajstić information content (AvgIpc) is 2.75. The summed E-state index contributed by atoms with van der Waals surface area (Å²) in [5, 5.41) is 1.65. The van der Waals surface area contributed by atoms with Crippen molar-refractivity contribution in [2.24, 2.45) is 0 Å². The SMILES string of the molecule is COC(=O)C(c1ccccc1Cl)N1CCC(SSc2ncccc2C)/C(=C\C=O)C1. The Labute approximate surface area is 189 Å². The first-order valence-electron chi connectivity index (χ1n) is 9.50. The first kappa shape index (κ1) is 22.9. The maximum Gasteiger partial charge on any atom is 0.327 e. The molecule has 30 heavy (non-hydrogen) atoms. The number of carbonyl (C=O) groups is 2. The van der Waals surface area contributed by atoms with Crippen LogP contribution >= 0.6 is 33.2 Å². The number of aromatic nitrogens is 1. The van der Waals surface area contributed by atoms with Crippen LogP contribution in [-0.4, -0.2) is 47.6 Å². The number of carbonyl (C=O) groups excluding carboxylic acids is 2. The zero-order valence-corrected chi connectivity index (χ0v) is 19.2. The first-order valence-corrected chi connectivity index (χ1v) is 12.1. The van der Waals surface area contributed by atoms with Gasteiger partial charge in [0.2, 0.25) is 0 Å². The van der Waals surface area contributed by atoms with Crippen LogP contribution in [0.1, 0.15) is 23.6 Å². The van der Waals surface area contributed by atoms with Gasteiger partial charge in [-0.3, -0.25) is 9.69 Å². The number of nitrogens with zero attached hydrogens (tertiary/aromatic N) is 2. The van der Waals surface area contributed by atoms with Gasteiger partial charge >= 0.3 is 5.97 Å². The molecule has 1 aliphatic rings. The number of esters is 1. The molecule has 1 aromatic carbocycles. The van der Waals surface area contributed by atoms with E-state index in [9.17, 15) is 9.59 Å². The van der Waals surface area contributed by atoms with Crippen LogP contribution in [-0.2, 0) is 14.3 Å². The summed E-state index contributed by atoms with van der Waals surface area (Å²) in [4.78, 5) is 30.4. The third-order valence-corrected chi connectivity index (χ3v) is 8.21. The number of halogens is 1. The number of hydrogen-bond acceptors (Lipinski definition) is 7. The Morgan fingerprint density at radius 1 is 1.33 bits per heavy atom. The van der Waals surface area contributed by atoms with Crippen LogP contribution in [0.25, 0.3) is 0 Å². The maximum absolute atomic E-state index is 12.6. The number of rotatable bonds is 7. The molecule has 0 N–H and O–H groups in total. The molecule has 0 spiro atoms. The Bertz CT molecular complexity index is 938. The molecule has 8 heteroatoms. The van der Waals surface area contributed by atoms with E-state index < -0.39 is 6.04 Å². The molecule has 1 aromatic heterocycles. The Balaban J connectivity index is 1.78. The Kier molecular flexibility index (Phi) is 8.39. The first-order chi connectivity index (χ1) is 14.5. The number of pyridine rings is 1. The predicted octanol–water partition coefficient (Wildman–Crippen LogP) is 4.90. The summed E-state index contributed by atoms with van der Waals surface area (Å²) in [6, 6.07) is 10.6. The molecule has 0 saturated carbocycles. The summed E-state index contributed by atoms with van der Waals surface area (Å²) in [5.74, 6) is -0.363. The minimum absolute atomic E-state index is 0.155. The van der Waals surface area contributed by atoms with Gasteiger partial charge in [0.15, 0.2) is 0 Å². The molecule has 0 radical (unpaired) electrons. The zero-order chi connectivity index (χ0) is 21.5. The van der Waals surface area contributed by atoms with Crippen molar-refractivity contribution in [1.82, 2.24) is 9.88 Å². The number of ether oxygens (including phenoxy) is 1. The van der Waals surface area contributed by atoms with Crippen molar-refractivity contribution < 1.29 is 14.3 Å². The molecule has 158 valence electrons. The monoisotopic (exact) mass is 462 g/mol. The summed E-state index contributed by atoms with van der Waals surface area (Å²) in [5.41, 5.74) is 2.81. The van der Waals surface area contributed by atoms with Gasteiger partial charge in [-0.1, -0.05) is 46.7 Å². The molecular formula is C22H23ClN2O3S2. The number of piperidine rings is 1. The predicted molar refractivity (Wildman–Crippen MR) is 123 cm³/mol. The summed E-state index contributed by atoms with van der Waals surface area (Å²) in [6.07, 6.45) is 4.99. The van der Waals surface area contributed by atoms with Gasteiger partial charge in [0.25, 0.3) is 0 Å². The largest absolute Gasteiger partial charge is 0.468 e. The second-order valence-corrected chi connectivity index (χ2v) is 9.68. The molecule has 2 aromatic rings. The summed E-state index contributed by atoms with van der Waals surface area (Å²) in [7, 11) is 4.70. The van der Waals surface area contributed by atoms with Gasteiger partial charge in [0.05, 0.1) is 7.11 Å². The third-order valence-electron chi connectivity index (χ3n) is 4.95. The Hall–Kier alpha value is -1.80. The molecule has 5 nitrogen and oxygen atoms in total. The van der Waals surface area contributed by atoms with Gasteiger partial charge in [-0.25, -0.2) is 9.78 Å². The highest BCUT2D eigenvalue weighted by Crippen LogP contribution is 2.42. The van der Waals surface area contributed by atoms with Crippen LogP contribution in [0.3, 0.4) is 0 Å². The van der Waals surface area contributed by atoms with Crippen molar-refractivity contribution in [2.75, 3.05) is 20.2 Å². The number of hydrogen-bond donors (Lipinski definition) is 0. The fraction of sp³-hybridized carbons (Fsp3) is 0.318. The second kappa shape index (κ2) is 11.0. The number of methoxy groups -OCH3 is 1. The quantitative estimate of drug-likeness (QED) is 0.251. The Morgan fingerprint density at radius 2 is 2.13 bits per heavy atom. The van der Waals surface area contributed by atoms with Crippen molar-refractivity contribution in [3.63, 3.8) is 0 Å². The van der Waals surface area contributed by atoms with E-state index in [-0.39, 0.29) is 11.2 Å². The lowest BCUT2D eigenvalue weighted by Crippen LogP contribution is -2.42. The molecule has 2 atom stereocenters. The van der Waals surface area contributed by atoms with Crippen LogP contribution in [0.4, 0.5) is 0 Å². The van der Waals surface area contributed by atoms with Crippen LogP contribution < -0.4 is 0 Å². The minimum Gasteiger partial charge on any atom is -0.468 e. The number of aldehydes is 1. The van der Waals surface area contributed by atoms with E-state index in [0.29, 0.717) is 23.7 Å². The van der Waals surface area contributed by atoms with Crippen molar-refractivity contribution in [2.45, 2.75) is 29.7 Å². The van der Waals surface area contributed by atoms with Gasteiger partial charge in [0, 0.05) is 29.6 Å². The highest BCUT2D eigenvalue weighted by atomic mass is 35.5. The van der Waals surface area contributed by atoms with Gasteiger partial charge < -0.3 is 4.74 Å². The van der Waals surface area contributed by atoms with Crippen LogP contribution in [0, 0.1) is 6.92 Å². The summed E-state index contributed by atoms with van der Waals surface area (Å²) < 4.78 is 5.07. The lowest BCUT2D eigenvalue weighted by molar-refractivity contribution is -0.147. The molecule has 1 aliphatic heterocycles.